The Hall–Kier alpha value is -0.930. The fourth-order valence-electron chi connectivity index (χ4n) is 1.27. The molecule has 0 fully saturated rings. The molecule has 0 aliphatic heterocycles. The van der Waals surface area contributed by atoms with Crippen molar-refractivity contribution in [1.29, 1.82) is 0 Å². The van der Waals surface area contributed by atoms with Crippen LogP contribution in [-0.4, -0.2) is 30.5 Å². The van der Waals surface area contributed by atoms with Gasteiger partial charge in [-0.15, -0.1) is 24.0 Å². The van der Waals surface area contributed by atoms with Crippen molar-refractivity contribution >= 4 is 29.9 Å². The van der Waals surface area contributed by atoms with Crippen LogP contribution in [0.4, 0.5) is 8.78 Å². The molecule has 19 heavy (non-hydrogen) atoms. The van der Waals surface area contributed by atoms with Crippen LogP contribution in [0.3, 0.4) is 0 Å². The van der Waals surface area contributed by atoms with E-state index in [1.165, 1.54) is 0 Å². The number of rotatable bonds is 5. The lowest BCUT2D eigenvalue weighted by molar-refractivity contribution is 0.152. The smallest absolute Gasteiger partial charge is 0.255 e. The molecule has 0 aliphatic rings. The van der Waals surface area contributed by atoms with Crippen molar-refractivity contribution in [2.75, 3.05) is 13.1 Å². The van der Waals surface area contributed by atoms with Gasteiger partial charge in [-0.25, -0.2) is 18.8 Å². The molecule has 0 unspecified atom stereocenters. The largest absolute Gasteiger partial charge is 0.444 e. The molecule has 1 aromatic heterocycles. The van der Waals surface area contributed by atoms with Gasteiger partial charge in [-0.2, -0.15) is 0 Å². The van der Waals surface area contributed by atoms with Crippen molar-refractivity contribution in [3.05, 3.63) is 17.3 Å². The minimum Gasteiger partial charge on any atom is -0.444 e. The maximum atomic E-state index is 12.1. The summed E-state index contributed by atoms with van der Waals surface area (Å²) in [7, 11) is 0. The minimum absolute atomic E-state index is 0. The van der Waals surface area contributed by atoms with Gasteiger partial charge in [0.15, 0.2) is 5.96 Å². The van der Waals surface area contributed by atoms with E-state index >= 15 is 0 Å². The summed E-state index contributed by atoms with van der Waals surface area (Å²) in [6, 6.07) is 0. The molecule has 8 heteroatoms. The van der Waals surface area contributed by atoms with E-state index in [4.69, 9.17) is 4.42 Å². The lowest BCUT2D eigenvalue weighted by Crippen LogP contribution is -2.39. The molecule has 1 rings (SSSR count). The molecule has 0 radical (unpaired) electrons. The molecule has 0 saturated heterocycles. The highest BCUT2D eigenvalue weighted by atomic mass is 127. The zero-order valence-electron chi connectivity index (χ0n) is 11.2. The number of nitrogens with one attached hydrogen (secondary N) is 2. The number of nitrogens with zero attached hydrogens (tertiary/aromatic N) is 2. The fourth-order valence-corrected chi connectivity index (χ4v) is 1.27. The molecular formula is C11H19F2IN4O. The number of guanidine groups is 1. The minimum atomic E-state index is -2.42. The topological polar surface area (TPSA) is 62.5 Å². The molecule has 5 nitrogen and oxygen atoms in total. The molecular weight excluding hydrogens is 369 g/mol. The van der Waals surface area contributed by atoms with Crippen molar-refractivity contribution in [1.82, 2.24) is 15.6 Å². The van der Waals surface area contributed by atoms with Gasteiger partial charge >= 0.3 is 0 Å². The standard InChI is InChI=1S/C11H18F2N4O.HI/c1-4-14-11(15-5-9(12)13)16-6-10-17-7(2)8(3)18-10;/h9H,4-6H2,1-3H3,(H2,14,15,16);1H. The van der Waals surface area contributed by atoms with E-state index < -0.39 is 13.0 Å². The Morgan fingerprint density at radius 2 is 2.05 bits per heavy atom. The normalized spacial score (nSPS) is 11.4. The predicted octanol–water partition coefficient (Wildman–Crippen LogP) is 2.23. The van der Waals surface area contributed by atoms with Crippen molar-refractivity contribution in [3.63, 3.8) is 0 Å². The molecule has 0 aromatic carbocycles. The summed E-state index contributed by atoms with van der Waals surface area (Å²) in [5.74, 6) is 1.54. The number of aryl methyl sites for hydroxylation is 2. The zero-order valence-corrected chi connectivity index (χ0v) is 13.5. The van der Waals surface area contributed by atoms with Gasteiger partial charge < -0.3 is 15.1 Å². The highest BCUT2D eigenvalue weighted by Crippen LogP contribution is 2.08. The van der Waals surface area contributed by atoms with Gasteiger partial charge in [0.05, 0.1) is 12.2 Å². The van der Waals surface area contributed by atoms with Gasteiger partial charge in [0, 0.05) is 6.54 Å². The number of aliphatic imine (C=N–C) groups is 1. The second kappa shape index (κ2) is 9.05. The van der Waals surface area contributed by atoms with Crippen LogP contribution in [0.25, 0.3) is 0 Å². The van der Waals surface area contributed by atoms with Gasteiger partial charge in [0.25, 0.3) is 6.43 Å². The van der Waals surface area contributed by atoms with Crippen LogP contribution in [0.5, 0.6) is 0 Å². The van der Waals surface area contributed by atoms with Gasteiger partial charge in [0.1, 0.15) is 12.3 Å². The highest BCUT2D eigenvalue weighted by molar-refractivity contribution is 14.0. The zero-order chi connectivity index (χ0) is 13.5. The first-order valence-corrected chi connectivity index (χ1v) is 5.76. The first-order chi connectivity index (χ1) is 8.52. The van der Waals surface area contributed by atoms with E-state index in [2.05, 4.69) is 20.6 Å². The van der Waals surface area contributed by atoms with E-state index in [0.29, 0.717) is 18.4 Å². The number of hydrogen-bond donors (Lipinski definition) is 2. The van der Waals surface area contributed by atoms with Gasteiger partial charge in [0.2, 0.25) is 5.89 Å². The van der Waals surface area contributed by atoms with Crippen LogP contribution >= 0.6 is 24.0 Å². The Morgan fingerprint density at radius 3 is 2.53 bits per heavy atom. The number of halogens is 3. The Kier molecular flexibility index (Phi) is 8.61. The highest BCUT2D eigenvalue weighted by Gasteiger charge is 2.07. The van der Waals surface area contributed by atoms with Crippen LogP contribution in [0.1, 0.15) is 24.3 Å². The predicted molar refractivity (Wildman–Crippen MR) is 80.2 cm³/mol. The second-order valence-corrected chi connectivity index (χ2v) is 3.72. The summed E-state index contributed by atoms with van der Waals surface area (Å²) < 4.78 is 29.5. The number of oxazole rings is 1. The first kappa shape index (κ1) is 18.1. The molecule has 1 heterocycles. The molecule has 0 amide bonds. The van der Waals surface area contributed by atoms with Crippen molar-refractivity contribution in [2.45, 2.75) is 33.7 Å². The van der Waals surface area contributed by atoms with E-state index in [1.54, 1.807) is 0 Å². The Balaban J connectivity index is 0.00000324. The SMILES string of the molecule is CCNC(=NCc1nc(C)c(C)o1)NCC(F)F.I. The summed E-state index contributed by atoms with van der Waals surface area (Å²) in [6.07, 6.45) is -2.42. The maximum absolute atomic E-state index is 12.1. The Labute approximate surface area is 128 Å². The molecule has 0 atom stereocenters. The molecule has 0 saturated carbocycles. The van der Waals surface area contributed by atoms with Gasteiger partial charge in [-0.3, -0.25) is 0 Å². The second-order valence-electron chi connectivity index (χ2n) is 3.72. The Morgan fingerprint density at radius 1 is 1.37 bits per heavy atom. The average Bonchev–Trinajstić information content (AvgIpc) is 2.62. The van der Waals surface area contributed by atoms with E-state index in [9.17, 15) is 8.78 Å². The first-order valence-electron chi connectivity index (χ1n) is 5.76. The summed E-state index contributed by atoms with van der Waals surface area (Å²) in [6.45, 7) is 5.89. The number of alkyl halides is 2. The summed E-state index contributed by atoms with van der Waals surface area (Å²) in [4.78, 5) is 8.28. The quantitative estimate of drug-likeness (QED) is 0.462. The van der Waals surface area contributed by atoms with Crippen molar-refractivity contribution in [2.24, 2.45) is 4.99 Å². The summed E-state index contributed by atoms with van der Waals surface area (Å²) in [5.41, 5.74) is 0.811. The third kappa shape index (κ3) is 6.69. The monoisotopic (exact) mass is 388 g/mol. The van der Waals surface area contributed by atoms with Gasteiger partial charge in [-0.05, 0) is 20.8 Å². The van der Waals surface area contributed by atoms with Crippen molar-refractivity contribution < 1.29 is 13.2 Å². The van der Waals surface area contributed by atoms with Crippen LogP contribution in [0.2, 0.25) is 0 Å². The number of hydrogen-bond acceptors (Lipinski definition) is 3. The third-order valence-electron chi connectivity index (χ3n) is 2.21. The fraction of sp³-hybridized carbons (Fsp3) is 0.636. The van der Waals surface area contributed by atoms with Crippen LogP contribution in [0, 0.1) is 13.8 Å². The molecule has 0 aliphatic carbocycles. The van der Waals surface area contributed by atoms with Gasteiger partial charge in [-0.1, -0.05) is 0 Å². The van der Waals surface area contributed by atoms with E-state index in [1.807, 2.05) is 20.8 Å². The lowest BCUT2D eigenvalue weighted by Gasteiger charge is -2.09. The summed E-state index contributed by atoms with van der Waals surface area (Å²) in [5, 5.41) is 5.40. The average molecular weight is 388 g/mol. The number of aromatic nitrogens is 1. The van der Waals surface area contributed by atoms with Crippen LogP contribution in [0.15, 0.2) is 9.41 Å². The maximum Gasteiger partial charge on any atom is 0.255 e. The molecule has 110 valence electrons. The third-order valence-corrected chi connectivity index (χ3v) is 2.21. The van der Waals surface area contributed by atoms with Crippen molar-refractivity contribution in [3.8, 4) is 0 Å². The van der Waals surface area contributed by atoms with E-state index in [-0.39, 0.29) is 30.5 Å². The molecule has 1 aromatic rings. The molecule has 2 N–H and O–H groups in total. The molecule has 0 spiro atoms. The lowest BCUT2D eigenvalue weighted by atomic mass is 10.4. The van der Waals surface area contributed by atoms with Crippen LogP contribution < -0.4 is 10.6 Å². The van der Waals surface area contributed by atoms with E-state index in [0.717, 1.165) is 11.5 Å². The van der Waals surface area contributed by atoms with Crippen LogP contribution in [-0.2, 0) is 6.54 Å². The molecule has 0 bridgehead atoms. The Bertz CT molecular complexity index is 390. The summed E-state index contributed by atoms with van der Waals surface area (Å²) >= 11 is 0.